The summed E-state index contributed by atoms with van der Waals surface area (Å²) in [6.07, 6.45) is -9.00. The second kappa shape index (κ2) is 39.9. The number of nitrogens with zero attached hydrogens (tertiary/aromatic N) is 1. The molecule has 11 bridgehead atoms. The van der Waals surface area contributed by atoms with Crippen LogP contribution in [-0.4, -0.2) is 228 Å². The van der Waals surface area contributed by atoms with Crippen molar-refractivity contribution < 1.29 is 123 Å². The number of likely N-dealkylation sites (N-methyl/N-ethyl adjacent to an activating group) is 1. The first-order valence-corrected chi connectivity index (χ1v) is 39.7. The molecule has 7 aliphatic rings. The number of aliphatic carboxylic acids is 2. The highest BCUT2D eigenvalue weighted by atomic mass is 35.5. The van der Waals surface area contributed by atoms with Gasteiger partial charge >= 0.3 is 11.9 Å². The summed E-state index contributed by atoms with van der Waals surface area (Å²) in [5.74, 6) is -17.9. The lowest BCUT2D eigenvalue weighted by Gasteiger charge is -2.48. The number of carboxylic acids is 2. The van der Waals surface area contributed by atoms with Crippen LogP contribution in [0.5, 0.6) is 46.0 Å². The molecule has 0 aromatic heterocycles. The number of primary amides is 1. The predicted molar refractivity (Wildman–Crippen MR) is 422 cm³/mol. The molecule has 36 nitrogen and oxygen atoms in total. The van der Waals surface area contributed by atoms with E-state index in [4.69, 9.17) is 63.1 Å². The summed E-state index contributed by atoms with van der Waals surface area (Å²) in [6, 6.07) is -1.27. The molecule has 5 aromatic rings. The SMILES string of the molecule is CCCCCCCCCCNCCN[C@@]1(C)C[C@H](O[C@H]2[C@H](Oc3c4cc5cc3Oc3ccc(cc3Cl)[C@@H](O)[C@@H](NC(=O)[C@@H](CC(C)C)N(C)CC(=O)O)C(=O)N[C@@H](CC(N)=O)C(=O)N[C@H]5C(=O)N[C@H]3C(=O)N[C@H](C(=O)N[C@H](C(=O)O)c5cc(O)cc(O)c5-c5cc3ccc5O)[C@H](O)c3ccc(c(Cl)c3)O4)O[C@H](CN)[C@@H](O)[C@@H]2O)O[C@@H](C)[C@H]1O. The molecule has 0 spiro atoms. The summed E-state index contributed by atoms with van der Waals surface area (Å²) in [5.41, 5.74) is 7.95. The lowest BCUT2D eigenvalue weighted by atomic mass is 9.85. The zero-order valence-electron chi connectivity index (χ0n) is 65.7. The van der Waals surface area contributed by atoms with Crippen LogP contribution in [0.15, 0.2) is 78.9 Å². The Morgan fingerprint density at radius 2 is 1.29 bits per heavy atom. The van der Waals surface area contributed by atoms with Crippen LogP contribution in [0, 0.1) is 5.92 Å². The van der Waals surface area contributed by atoms with Crippen molar-refractivity contribution in [2.24, 2.45) is 17.4 Å². The van der Waals surface area contributed by atoms with Crippen LogP contribution in [0.3, 0.4) is 0 Å². The Balaban J connectivity index is 1.16. The molecule has 118 heavy (non-hydrogen) atoms. The van der Waals surface area contributed by atoms with Gasteiger partial charge < -0.3 is 133 Å². The van der Waals surface area contributed by atoms with Crippen LogP contribution in [0.1, 0.15) is 163 Å². The molecule has 7 aliphatic heterocycles. The number of aromatic hydroxyl groups is 3. The minimum Gasteiger partial charge on any atom is -0.508 e. The van der Waals surface area contributed by atoms with E-state index in [-0.39, 0.29) is 46.9 Å². The van der Waals surface area contributed by atoms with E-state index >= 15 is 19.2 Å². The fraction of sp³-hybridized carbons (Fsp3) is 0.512. The molecule has 22 N–H and O–H groups in total. The fourth-order valence-corrected chi connectivity index (χ4v) is 15.5. The summed E-state index contributed by atoms with van der Waals surface area (Å²) >= 11 is 14.3. The molecule has 0 radical (unpaired) electrons. The Labute approximate surface area is 688 Å². The third kappa shape index (κ3) is 21.6. The van der Waals surface area contributed by atoms with E-state index in [9.17, 15) is 75.0 Å². The van der Waals surface area contributed by atoms with Gasteiger partial charge in [-0.3, -0.25) is 43.3 Å². The average Bonchev–Trinajstić information content (AvgIpc) is 0.764. The first-order valence-electron chi connectivity index (χ1n) is 39.0. The van der Waals surface area contributed by atoms with Gasteiger partial charge in [0.1, 0.15) is 89.5 Å². The average molecular weight is 1690 g/mol. The van der Waals surface area contributed by atoms with Gasteiger partial charge in [0.05, 0.1) is 41.3 Å². The van der Waals surface area contributed by atoms with Gasteiger partial charge in [-0.05, 0) is 123 Å². The summed E-state index contributed by atoms with van der Waals surface area (Å²) in [7, 11) is 1.33. The van der Waals surface area contributed by atoms with Crippen LogP contribution in [0.2, 0.25) is 10.0 Å². The molecular weight excluding hydrogens is 1590 g/mol. The van der Waals surface area contributed by atoms with E-state index in [0.717, 1.165) is 92.5 Å². The highest BCUT2D eigenvalue weighted by molar-refractivity contribution is 6.32. The van der Waals surface area contributed by atoms with E-state index in [1.54, 1.807) is 27.7 Å². The number of carbonyl (C=O) groups excluding carboxylic acids is 7. The number of hydrogen-bond donors (Lipinski definition) is 20. The van der Waals surface area contributed by atoms with Gasteiger partial charge in [0.25, 0.3) is 0 Å². The number of carboxylic acid groups (broad SMARTS) is 2. The van der Waals surface area contributed by atoms with Crippen molar-refractivity contribution in [2.75, 3.05) is 39.8 Å². The molecule has 7 amide bonds. The number of phenolic OH excluding ortho intramolecular Hbond substituents is 3. The number of aliphatic hydroxyl groups is 5. The van der Waals surface area contributed by atoms with Crippen molar-refractivity contribution in [3.8, 4) is 57.1 Å². The highest BCUT2D eigenvalue weighted by Crippen LogP contribution is 2.50. The van der Waals surface area contributed by atoms with E-state index in [2.05, 4.69) is 49.5 Å². The Morgan fingerprint density at radius 3 is 1.90 bits per heavy atom. The van der Waals surface area contributed by atoms with Crippen molar-refractivity contribution in [3.05, 3.63) is 117 Å². The van der Waals surface area contributed by atoms with Gasteiger partial charge in [-0.15, -0.1) is 0 Å². The number of halogens is 2. The number of ether oxygens (including phenoxy) is 6. The summed E-state index contributed by atoms with van der Waals surface area (Å²) in [5, 5.41) is 136. The molecule has 0 unspecified atom stereocenters. The number of fused-ring (bicyclic) bond motifs is 15. The molecule has 5 aromatic carbocycles. The van der Waals surface area contributed by atoms with Gasteiger partial charge in [0.15, 0.2) is 29.9 Å². The number of rotatable bonds is 28. The van der Waals surface area contributed by atoms with Crippen LogP contribution in [0.25, 0.3) is 11.1 Å². The summed E-state index contributed by atoms with van der Waals surface area (Å²) in [6.45, 7) is 9.50. The predicted octanol–water partition coefficient (Wildman–Crippen LogP) is 3.23. The molecule has 18 atom stereocenters. The highest BCUT2D eigenvalue weighted by Gasteiger charge is 2.52. The van der Waals surface area contributed by atoms with Crippen molar-refractivity contribution >= 4 is 76.5 Å². The normalized spacial score (nSPS) is 26.9. The number of hydrogen-bond acceptors (Lipinski definition) is 27. The van der Waals surface area contributed by atoms with E-state index < -0.39 is 249 Å². The minimum atomic E-state index is -2.38. The third-order valence-electron chi connectivity index (χ3n) is 21.4. The molecule has 2 fully saturated rings. The van der Waals surface area contributed by atoms with E-state index in [0.29, 0.717) is 13.1 Å². The number of phenols is 3. The monoisotopic (exact) mass is 1690 g/mol. The van der Waals surface area contributed by atoms with Gasteiger partial charge in [-0.2, -0.15) is 0 Å². The van der Waals surface area contributed by atoms with Crippen LogP contribution in [-0.2, 0) is 57.4 Å². The lowest BCUT2D eigenvalue weighted by Crippen LogP contribution is -2.66. The summed E-state index contributed by atoms with van der Waals surface area (Å²) < 4.78 is 39.7. The number of carbonyl (C=O) groups is 9. The Kier molecular flexibility index (Phi) is 30.6. The van der Waals surface area contributed by atoms with Gasteiger partial charge in [-0.1, -0.05) is 107 Å². The van der Waals surface area contributed by atoms with Crippen LogP contribution < -0.4 is 68.2 Å². The molecule has 2 saturated heterocycles. The number of aliphatic hydroxyl groups excluding tert-OH is 5. The standard InChI is InChI=1S/C80H103Cl2N11O25/c1-7-8-9-10-11-12-13-14-21-85-22-23-86-80(5)33-58(113-37(4)71(80)104)117-70-68(103)67(102)55(34-83)116-79(70)118-69-53-28-41-29-54(69)115-52-20-17-40(27-46(52)82)66(101)64-77(110)90-62(78(111)112)44-30-42(94)31-50(96)59(44)43-25-38(15-18-49(43)95)60(74(107)92-64)89-75(108)61(41)88-72(105)47(32-56(84)97)87-76(109)63(65(100)39-16-19-51(114-53)45(81)26-39)91-73(106)48(24-36(2)3)93(6)35-57(98)99/h15-20,25-31,36-37,47-48,55,58,60-68,70-71,79,85-86,94-96,100-104H,7-14,21-24,32-35,83H2,1-6H3,(H2,84,97)(H,87,109)(H,88,105)(H,89,108)(H,90,110)(H,91,106)(H,92,107)(H,98,99)(H,111,112)/t37-,47-,48+,55+,58-,60+,61+,62-,63+,64-,65+,66+,67+,68-,70+,71+,79-,80-/m0/s1. The fourth-order valence-electron chi connectivity index (χ4n) is 15.1. The van der Waals surface area contributed by atoms with Crippen molar-refractivity contribution in [1.82, 2.24) is 47.4 Å². The number of amides is 7. The number of unbranched alkanes of at least 4 members (excludes halogenated alkanes) is 7. The molecule has 38 heteroatoms. The van der Waals surface area contributed by atoms with Crippen LogP contribution in [0.4, 0.5) is 0 Å². The minimum absolute atomic E-state index is 0.0125. The lowest BCUT2D eigenvalue weighted by molar-refractivity contribution is -0.331. The Morgan fingerprint density at radius 1 is 0.678 bits per heavy atom. The molecule has 0 saturated carbocycles. The van der Waals surface area contributed by atoms with Gasteiger partial charge in [0.2, 0.25) is 53.4 Å². The maximum atomic E-state index is 16.3. The van der Waals surface area contributed by atoms with E-state index in [1.807, 2.05) is 0 Å². The van der Waals surface area contributed by atoms with E-state index in [1.165, 1.54) is 56.2 Å². The largest absolute Gasteiger partial charge is 0.508 e. The first kappa shape index (κ1) is 90.6. The maximum absolute atomic E-state index is 16.3. The molecule has 12 rings (SSSR count). The van der Waals surface area contributed by atoms with Crippen molar-refractivity contribution in [1.29, 1.82) is 0 Å². The Bertz CT molecular complexity index is 4510. The zero-order chi connectivity index (χ0) is 85.9. The van der Waals surface area contributed by atoms with Crippen LogP contribution >= 0.6 is 23.2 Å². The second-order valence-electron chi connectivity index (χ2n) is 30.8. The first-order chi connectivity index (χ1) is 56.0. The van der Waals surface area contributed by atoms with Gasteiger partial charge in [-0.25, -0.2) is 4.79 Å². The molecule has 0 aliphatic carbocycles. The zero-order valence-corrected chi connectivity index (χ0v) is 67.2. The second-order valence-corrected chi connectivity index (χ2v) is 31.6. The maximum Gasteiger partial charge on any atom is 0.330 e. The van der Waals surface area contributed by atoms with Crippen molar-refractivity contribution in [3.63, 3.8) is 0 Å². The quantitative estimate of drug-likeness (QED) is 0.0320. The molecule has 7 heterocycles. The Hall–Kier alpha value is -9.77. The smallest absolute Gasteiger partial charge is 0.330 e. The van der Waals surface area contributed by atoms with Gasteiger partial charge in [0, 0.05) is 54.4 Å². The topological polar surface area (TPSA) is 563 Å². The number of nitrogens with one attached hydrogen (secondary N) is 8. The molecule has 642 valence electrons. The number of nitrogens with two attached hydrogens (primary N) is 2. The molecular formula is C80H103Cl2N11O25. The third-order valence-corrected chi connectivity index (χ3v) is 22.0. The number of benzene rings is 5. The summed E-state index contributed by atoms with van der Waals surface area (Å²) in [4.78, 5) is 132. The van der Waals surface area contributed by atoms with Crippen molar-refractivity contribution in [2.45, 2.75) is 214 Å².